The number of hydrogen-bond donors (Lipinski definition) is 1. The van der Waals surface area contributed by atoms with Crippen LogP contribution in [0.4, 0.5) is 4.39 Å². The SMILES string of the molecule is NC1=NC(COc2ccc(F)cc2)=CS1(=O)=O. The lowest BCUT2D eigenvalue weighted by atomic mass is 10.3. The molecule has 2 rings (SSSR count). The highest BCUT2D eigenvalue weighted by atomic mass is 32.2. The molecule has 17 heavy (non-hydrogen) atoms. The zero-order valence-electron chi connectivity index (χ0n) is 8.63. The van der Waals surface area contributed by atoms with Crippen LogP contribution in [-0.4, -0.2) is 20.2 Å². The average molecular weight is 256 g/mol. The second kappa shape index (κ2) is 4.17. The van der Waals surface area contributed by atoms with Gasteiger partial charge in [0, 0.05) is 0 Å². The largest absolute Gasteiger partial charge is 0.487 e. The predicted octanol–water partition coefficient (Wildman–Crippen LogP) is 0.789. The van der Waals surface area contributed by atoms with Crippen molar-refractivity contribution in [2.75, 3.05) is 6.61 Å². The van der Waals surface area contributed by atoms with Gasteiger partial charge in [-0.2, -0.15) is 0 Å². The van der Waals surface area contributed by atoms with Gasteiger partial charge in [-0.3, -0.25) is 0 Å². The molecule has 0 saturated carbocycles. The number of hydrogen-bond acceptors (Lipinski definition) is 5. The Hall–Kier alpha value is -1.89. The highest BCUT2D eigenvalue weighted by molar-refractivity contribution is 8.09. The van der Waals surface area contributed by atoms with Crippen molar-refractivity contribution in [1.82, 2.24) is 0 Å². The van der Waals surface area contributed by atoms with Crippen LogP contribution in [0.15, 0.2) is 40.4 Å². The first-order chi connectivity index (χ1) is 7.97. The van der Waals surface area contributed by atoms with Crippen LogP contribution in [0.5, 0.6) is 5.75 Å². The number of ether oxygens (including phenoxy) is 1. The topological polar surface area (TPSA) is 81.8 Å². The molecule has 0 radical (unpaired) electrons. The zero-order valence-corrected chi connectivity index (χ0v) is 9.45. The fourth-order valence-electron chi connectivity index (χ4n) is 1.23. The van der Waals surface area contributed by atoms with Gasteiger partial charge in [0.25, 0.3) is 0 Å². The Morgan fingerprint density at radius 3 is 2.47 bits per heavy atom. The standard InChI is InChI=1S/C10H9FN2O3S/c11-7-1-3-9(4-2-7)16-5-8-6-17(14,15)10(12)13-8/h1-4,6H,5H2,(H2,12,13). The number of sulfone groups is 1. The Morgan fingerprint density at radius 1 is 1.29 bits per heavy atom. The van der Waals surface area contributed by atoms with Gasteiger partial charge >= 0.3 is 0 Å². The smallest absolute Gasteiger partial charge is 0.234 e. The molecule has 0 amide bonds. The summed E-state index contributed by atoms with van der Waals surface area (Å²) in [6, 6.07) is 5.36. The van der Waals surface area contributed by atoms with E-state index in [-0.39, 0.29) is 18.1 Å². The lowest BCUT2D eigenvalue weighted by Crippen LogP contribution is -2.18. The van der Waals surface area contributed by atoms with Crippen LogP contribution < -0.4 is 10.5 Å². The van der Waals surface area contributed by atoms with Gasteiger partial charge in [0.1, 0.15) is 18.2 Å². The number of rotatable bonds is 3. The Labute approximate surface area is 97.3 Å². The summed E-state index contributed by atoms with van der Waals surface area (Å²) in [5, 5.41) is 0.515. The van der Waals surface area contributed by atoms with E-state index in [4.69, 9.17) is 10.5 Å². The molecule has 0 aromatic heterocycles. The van der Waals surface area contributed by atoms with Crippen molar-refractivity contribution in [3.8, 4) is 5.75 Å². The summed E-state index contributed by atoms with van der Waals surface area (Å²) < 4.78 is 40.2. The lowest BCUT2D eigenvalue weighted by molar-refractivity contribution is 0.350. The summed E-state index contributed by atoms with van der Waals surface area (Å²) in [5.41, 5.74) is 5.41. The molecule has 0 atom stereocenters. The number of halogens is 1. The highest BCUT2D eigenvalue weighted by Gasteiger charge is 2.21. The van der Waals surface area contributed by atoms with Gasteiger partial charge in [-0.1, -0.05) is 0 Å². The van der Waals surface area contributed by atoms with Gasteiger partial charge in [-0.25, -0.2) is 17.8 Å². The van der Waals surface area contributed by atoms with E-state index in [1.54, 1.807) is 0 Å². The quantitative estimate of drug-likeness (QED) is 0.866. The number of aliphatic imine (C=N–C) groups is 1. The van der Waals surface area contributed by atoms with E-state index in [0.717, 1.165) is 5.41 Å². The van der Waals surface area contributed by atoms with Crippen LogP contribution in [0.25, 0.3) is 0 Å². The maximum Gasteiger partial charge on any atom is 0.234 e. The molecule has 0 saturated heterocycles. The number of amidine groups is 1. The van der Waals surface area contributed by atoms with Crippen molar-refractivity contribution in [1.29, 1.82) is 0 Å². The summed E-state index contributed by atoms with van der Waals surface area (Å²) in [4.78, 5) is 3.64. The number of nitrogens with two attached hydrogens (primary N) is 1. The molecule has 1 aromatic carbocycles. The maximum absolute atomic E-state index is 12.6. The van der Waals surface area contributed by atoms with E-state index >= 15 is 0 Å². The van der Waals surface area contributed by atoms with E-state index in [2.05, 4.69) is 4.99 Å². The van der Waals surface area contributed by atoms with E-state index in [0.29, 0.717) is 5.75 Å². The van der Waals surface area contributed by atoms with Crippen molar-refractivity contribution in [3.63, 3.8) is 0 Å². The van der Waals surface area contributed by atoms with Crippen LogP contribution in [0.2, 0.25) is 0 Å². The molecule has 0 unspecified atom stereocenters. The molecular weight excluding hydrogens is 247 g/mol. The Balaban J connectivity index is 2.03. The van der Waals surface area contributed by atoms with Crippen LogP contribution in [0.3, 0.4) is 0 Å². The minimum absolute atomic E-state index is 0.0361. The van der Waals surface area contributed by atoms with Gasteiger partial charge in [0.2, 0.25) is 15.0 Å². The Bertz CT molecular complexity index is 590. The molecule has 90 valence electrons. The Kier molecular flexibility index (Phi) is 2.84. The Morgan fingerprint density at radius 2 is 1.94 bits per heavy atom. The van der Waals surface area contributed by atoms with Crippen molar-refractivity contribution in [3.05, 3.63) is 41.2 Å². The summed E-state index contributed by atoms with van der Waals surface area (Å²) >= 11 is 0. The second-order valence-corrected chi connectivity index (χ2v) is 5.09. The first-order valence-electron chi connectivity index (χ1n) is 4.65. The van der Waals surface area contributed by atoms with Gasteiger partial charge < -0.3 is 10.5 Å². The van der Waals surface area contributed by atoms with Gasteiger partial charge in [-0.15, -0.1) is 0 Å². The lowest BCUT2D eigenvalue weighted by Gasteiger charge is -2.03. The normalized spacial score (nSPS) is 17.5. The molecule has 1 aliphatic heterocycles. The molecule has 0 fully saturated rings. The van der Waals surface area contributed by atoms with E-state index in [9.17, 15) is 12.8 Å². The van der Waals surface area contributed by atoms with Gasteiger partial charge in [0.05, 0.1) is 11.1 Å². The van der Waals surface area contributed by atoms with Gasteiger partial charge in [0.15, 0.2) is 0 Å². The summed E-state index contributed by atoms with van der Waals surface area (Å²) in [5.74, 6) is 0.0487. The molecule has 1 aromatic rings. The summed E-state index contributed by atoms with van der Waals surface area (Å²) in [6.45, 7) is -0.0361. The first-order valence-corrected chi connectivity index (χ1v) is 6.20. The third-order valence-corrected chi connectivity index (χ3v) is 3.29. The molecule has 2 N–H and O–H groups in total. The van der Waals surface area contributed by atoms with Crippen molar-refractivity contribution < 1.29 is 17.5 Å². The van der Waals surface area contributed by atoms with E-state index < -0.39 is 15.0 Å². The van der Waals surface area contributed by atoms with Crippen molar-refractivity contribution in [2.24, 2.45) is 10.7 Å². The predicted molar refractivity (Wildman–Crippen MR) is 60.5 cm³/mol. The van der Waals surface area contributed by atoms with Crippen molar-refractivity contribution >= 4 is 15.0 Å². The van der Waals surface area contributed by atoms with Crippen LogP contribution in [0, 0.1) is 5.82 Å². The molecule has 5 nitrogen and oxygen atoms in total. The maximum atomic E-state index is 12.6. The van der Waals surface area contributed by atoms with Crippen LogP contribution in [-0.2, 0) is 9.84 Å². The minimum atomic E-state index is -3.56. The summed E-state index contributed by atoms with van der Waals surface area (Å²) in [7, 11) is -3.56. The third kappa shape index (κ3) is 2.62. The highest BCUT2D eigenvalue weighted by Crippen LogP contribution is 2.16. The molecule has 0 aliphatic carbocycles. The first kappa shape index (κ1) is 11.6. The fraction of sp³-hybridized carbons (Fsp3) is 0.100. The molecule has 1 heterocycles. The van der Waals surface area contributed by atoms with Crippen LogP contribution >= 0.6 is 0 Å². The molecule has 1 aliphatic rings. The minimum Gasteiger partial charge on any atom is -0.487 e. The van der Waals surface area contributed by atoms with Crippen molar-refractivity contribution in [2.45, 2.75) is 0 Å². The number of benzene rings is 1. The van der Waals surface area contributed by atoms with Gasteiger partial charge in [-0.05, 0) is 24.3 Å². The molecule has 7 heteroatoms. The average Bonchev–Trinajstić information content (AvgIpc) is 2.52. The van der Waals surface area contributed by atoms with E-state index in [1.807, 2.05) is 0 Å². The van der Waals surface area contributed by atoms with E-state index in [1.165, 1.54) is 24.3 Å². The zero-order chi connectivity index (χ0) is 12.5. The molecular formula is C10H9FN2O3S. The molecule has 0 bridgehead atoms. The molecule has 0 spiro atoms. The third-order valence-electron chi connectivity index (χ3n) is 2.04. The summed E-state index contributed by atoms with van der Waals surface area (Å²) in [6.07, 6.45) is 0. The van der Waals surface area contributed by atoms with Crippen LogP contribution in [0.1, 0.15) is 0 Å². The fourth-order valence-corrected chi connectivity index (χ4v) is 2.07. The second-order valence-electron chi connectivity index (χ2n) is 3.35. The monoisotopic (exact) mass is 256 g/mol. The number of nitrogens with zero attached hydrogens (tertiary/aromatic N) is 1.